The Hall–Kier alpha value is -0.570. The molecule has 0 bridgehead atoms. The molecule has 0 aromatic heterocycles. The second-order valence-corrected chi connectivity index (χ2v) is 3.59. The van der Waals surface area contributed by atoms with Crippen molar-refractivity contribution in [2.75, 3.05) is 6.54 Å². The largest absolute Gasteiger partial charge is 0.481 e. The van der Waals surface area contributed by atoms with Crippen molar-refractivity contribution in [2.45, 2.75) is 57.8 Å². The van der Waals surface area contributed by atoms with E-state index >= 15 is 0 Å². The van der Waals surface area contributed by atoms with Gasteiger partial charge in [-0.25, -0.2) is 0 Å². The van der Waals surface area contributed by atoms with Crippen LogP contribution in [0.2, 0.25) is 0 Å². The van der Waals surface area contributed by atoms with Crippen molar-refractivity contribution >= 4 is 5.97 Å². The Balaban J connectivity index is 3.13. The van der Waals surface area contributed by atoms with E-state index in [1.54, 1.807) is 0 Å². The molecule has 0 saturated carbocycles. The van der Waals surface area contributed by atoms with Crippen molar-refractivity contribution < 1.29 is 11.3 Å². The molecule has 0 fully saturated rings. The number of aliphatic carboxylic acids is 1. The first kappa shape index (κ1) is 11.5. The Bertz CT molecular complexity index is 165. The first-order chi connectivity index (χ1) is 7.16. The van der Waals surface area contributed by atoms with E-state index in [1.165, 1.54) is 19.3 Å². The summed E-state index contributed by atoms with van der Waals surface area (Å²) in [5.74, 6) is -0.863. The molecule has 0 aliphatic heterocycles. The van der Waals surface area contributed by atoms with Crippen molar-refractivity contribution in [3.8, 4) is 0 Å². The summed E-state index contributed by atoms with van der Waals surface area (Å²) in [6.07, 6.45) is 7.03. The maximum absolute atomic E-state index is 10.3. The van der Waals surface area contributed by atoms with Gasteiger partial charge in [-0.2, -0.15) is 0 Å². The average molecular weight is 202 g/mol. The number of rotatable bonds is 10. The molecular formula is C11H23NO2. The van der Waals surface area contributed by atoms with Gasteiger partial charge in [-0.1, -0.05) is 38.5 Å². The molecule has 0 aliphatic carbocycles. The van der Waals surface area contributed by atoms with E-state index in [4.69, 9.17) is 12.2 Å². The first-order valence-corrected chi connectivity index (χ1v) is 5.51. The summed E-state index contributed by atoms with van der Waals surface area (Å²) in [6, 6.07) is 0. The van der Waals surface area contributed by atoms with Gasteiger partial charge in [0.15, 0.2) is 0 Å². The van der Waals surface area contributed by atoms with Gasteiger partial charge in [0.2, 0.25) is 0 Å². The number of hydrogen-bond acceptors (Lipinski definition) is 2. The van der Waals surface area contributed by atoms with E-state index in [-0.39, 0.29) is 6.42 Å². The first-order valence-electron chi connectivity index (χ1n) is 6.08. The van der Waals surface area contributed by atoms with E-state index in [1.807, 2.05) is 0 Å². The number of unbranched alkanes of at least 4 members (excludes halogenated alkanes) is 5. The van der Waals surface area contributed by atoms with Crippen LogP contribution in [0.5, 0.6) is 0 Å². The normalized spacial score (nSPS) is 13.6. The molecule has 0 aliphatic rings. The summed E-state index contributed by atoms with van der Waals surface area (Å²) in [4.78, 5) is 10.3. The molecule has 3 heteroatoms. The smallest absolute Gasteiger partial charge is 0.303 e. The third-order valence-electron chi connectivity index (χ3n) is 2.18. The van der Waals surface area contributed by atoms with Crippen molar-refractivity contribution in [3.63, 3.8) is 0 Å². The van der Waals surface area contributed by atoms with Crippen LogP contribution in [-0.2, 0) is 4.79 Å². The lowest BCUT2D eigenvalue weighted by Gasteiger charge is -2.00. The number of carboxylic acids is 1. The van der Waals surface area contributed by atoms with Crippen molar-refractivity contribution in [3.05, 3.63) is 0 Å². The molecule has 0 aromatic rings. The molecule has 1 unspecified atom stereocenters. The maximum Gasteiger partial charge on any atom is 0.303 e. The fourth-order valence-corrected chi connectivity index (χ4v) is 1.37. The van der Waals surface area contributed by atoms with Crippen LogP contribution < -0.4 is 5.73 Å². The molecule has 84 valence electrons. The van der Waals surface area contributed by atoms with Crippen molar-refractivity contribution in [1.29, 1.82) is 0 Å². The summed E-state index contributed by atoms with van der Waals surface area (Å²) in [7, 11) is 0. The molecule has 0 spiro atoms. The van der Waals surface area contributed by atoms with E-state index in [2.05, 4.69) is 0 Å². The Morgan fingerprint density at radius 3 is 2.07 bits per heavy atom. The minimum Gasteiger partial charge on any atom is -0.481 e. The number of carbonyl (C=O) groups is 1. The summed E-state index contributed by atoms with van der Waals surface area (Å²) >= 11 is 0. The number of carboxylic acid groups (broad SMARTS) is 1. The molecule has 1 atom stereocenters. The quantitative estimate of drug-likeness (QED) is 0.535. The zero-order chi connectivity index (χ0) is 11.5. The van der Waals surface area contributed by atoms with E-state index < -0.39 is 12.4 Å². The highest BCUT2D eigenvalue weighted by atomic mass is 16.4. The van der Waals surface area contributed by atoms with E-state index in [9.17, 15) is 4.79 Å². The lowest BCUT2D eigenvalue weighted by molar-refractivity contribution is -0.137. The van der Waals surface area contributed by atoms with Crippen LogP contribution in [0.25, 0.3) is 0 Å². The molecule has 3 nitrogen and oxygen atoms in total. The van der Waals surface area contributed by atoms with Crippen LogP contribution >= 0.6 is 0 Å². The van der Waals surface area contributed by atoms with Gasteiger partial charge in [-0.3, -0.25) is 4.79 Å². The number of hydrogen-bond donors (Lipinski definition) is 2. The van der Waals surface area contributed by atoms with Crippen LogP contribution in [0.15, 0.2) is 0 Å². The topological polar surface area (TPSA) is 63.3 Å². The van der Waals surface area contributed by atoms with E-state index in [0.29, 0.717) is 6.42 Å². The summed E-state index contributed by atoms with van der Waals surface area (Å²) in [5, 5.41) is 8.45. The van der Waals surface area contributed by atoms with Crippen LogP contribution in [0.4, 0.5) is 0 Å². The highest BCUT2D eigenvalue weighted by molar-refractivity contribution is 5.66. The SMILES string of the molecule is [2H]C(CCCCCCCCN)CC(=O)O. The van der Waals surface area contributed by atoms with Gasteiger partial charge in [0.25, 0.3) is 0 Å². The fraction of sp³-hybridized carbons (Fsp3) is 0.909. The molecule has 0 heterocycles. The van der Waals surface area contributed by atoms with Crippen molar-refractivity contribution in [2.24, 2.45) is 5.73 Å². The third kappa shape index (κ3) is 11.4. The Labute approximate surface area is 88.1 Å². The third-order valence-corrected chi connectivity index (χ3v) is 2.18. The zero-order valence-corrected chi connectivity index (χ0v) is 8.87. The summed E-state index contributed by atoms with van der Waals surface area (Å²) in [6.45, 7) is 0.771. The van der Waals surface area contributed by atoms with Crippen molar-refractivity contribution in [1.82, 2.24) is 0 Å². The van der Waals surface area contributed by atoms with Gasteiger partial charge in [0.1, 0.15) is 0 Å². The molecule has 0 rings (SSSR count). The Morgan fingerprint density at radius 2 is 1.57 bits per heavy atom. The summed E-state index contributed by atoms with van der Waals surface area (Å²) in [5.41, 5.74) is 5.38. The summed E-state index contributed by atoms with van der Waals surface area (Å²) < 4.78 is 7.45. The highest BCUT2D eigenvalue weighted by Crippen LogP contribution is 2.09. The predicted molar refractivity (Wildman–Crippen MR) is 58.2 cm³/mol. The van der Waals surface area contributed by atoms with Gasteiger partial charge in [-0.15, -0.1) is 0 Å². The maximum atomic E-state index is 10.3. The predicted octanol–water partition coefficient (Wildman–Crippen LogP) is 2.54. The van der Waals surface area contributed by atoms with E-state index in [0.717, 1.165) is 25.8 Å². The zero-order valence-electron chi connectivity index (χ0n) is 9.87. The molecular weight excluding hydrogens is 178 g/mol. The molecule has 0 radical (unpaired) electrons. The average Bonchev–Trinajstić information content (AvgIpc) is 2.15. The van der Waals surface area contributed by atoms with Gasteiger partial charge in [0.05, 0.1) is 0 Å². The molecule has 0 saturated heterocycles. The van der Waals surface area contributed by atoms with Crippen LogP contribution in [-0.4, -0.2) is 17.6 Å². The molecule has 3 N–H and O–H groups in total. The Morgan fingerprint density at radius 1 is 1.07 bits per heavy atom. The molecule has 14 heavy (non-hydrogen) atoms. The Kier molecular flexibility index (Phi) is 8.64. The standard InChI is InChI=1S/C11H23NO2/c12-10-8-6-4-2-1-3-5-7-9-11(13)14/h1-10,12H2,(H,13,14)/i7D. The van der Waals surface area contributed by atoms with Gasteiger partial charge < -0.3 is 10.8 Å². The lowest BCUT2D eigenvalue weighted by atomic mass is 10.1. The van der Waals surface area contributed by atoms with Gasteiger partial charge >= 0.3 is 5.97 Å². The second kappa shape index (κ2) is 10.5. The van der Waals surface area contributed by atoms with Crippen LogP contribution in [0.3, 0.4) is 0 Å². The molecule has 0 amide bonds. The monoisotopic (exact) mass is 202 g/mol. The molecule has 0 aromatic carbocycles. The minimum atomic E-state index is -0.863. The fourth-order valence-electron chi connectivity index (χ4n) is 1.37. The highest BCUT2D eigenvalue weighted by Gasteiger charge is 1.96. The van der Waals surface area contributed by atoms with Gasteiger partial charge in [0, 0.05) is 7.79 Å². The second-order valence-electron chi connectivity index (χ2n) is 3.59. The van der Waals surface area contributed by atoms with Gasteiger partial charge in [-0.05, 0) is 19.4 Å². The number of nitrogens with two attached hydrogens (primary N) is 1. The van der Waals surface area contributed by atoms with Crippen LogP contribution in [0, 0.1) is 0 Å². The minimum absolute atomic E-state index is 0.0207. The lowest BCUT2D eigenvalue weighted by Crippen LogP contribution is -1.97. The van der Waals surface area contributed by atoms with Crippen LogP contribution in [0.1, 0.15) is 59.1 Å².